The van der Waals surface area contributed by atoms with Crippen molar-refractivity contribution in [1.82, 2.24) is 0 Å². The first kappa shape index (κ1) is 0. The first-order valence-corrected chi connectivity index (χ1v) is 0. The van der Waals surface area contributed by atoms with Crippen LogP contribution in [-0.2, 0) is 0 Å². The lowest BCUT2D eigenvalue weighted by molar-refractivity contribution is 2.50. The molecular weight excluding hydrogens is 1370 g/mol. The highest BCUT2D eigenvalue weighted by atomic mass is 12.1. The van der Waals surface area contributed by atoms with Gasteiger partial charge in [-0.3, -0.25) is 0 Å². The van der Waals surface area contributed by atoms with Crippen LogP contribution in [-0.4, -0.2) is 0 Å². The van der Waals surface area contributed by atoms with Gasteiger partial charge in [0.25, 0.3) is 0 Å². The molecule has 0 bridgehead atoms. The summed E-state index contributed by atoms with van der Waals surface area (Å²) >= 11 is 0. The summed E-state index contributed by atoms with van der Waals surface area (Å²) in [6, 6.07) is 0. The molecule has 0 aromatic rings. The highest BCUT2D eigenvalue weighted by molar-refractivity contribution is 2.62. The molecule has 0 amide bonds. The summed E-state index contributed by atoms with van der Waals surface area (Å²) in [5, 5.41) is 0. The third-order valence-electron chi connectivity index (χ3n) is 0. The molecule has 0 atom stereocenters. The lowest BCUT2D eigenvalue weighted by atomic mass is 12.0. The molecule has 0 aromatic carbocycles. The van der Waals surface area contributed by atoms with E-state index in [-0.39, 0.29) is 847 Å². The molecule has 0 radical (unpaired) electrons. The van der Waals surface area contributed by atoms with E-state index in [1.807, 2.05) is 0 Å². The first-order chi connectivity index (χ1) is 0. The Hall–Kier alpha value is 0. The van der Waals surface area contributed by atoms with Gasteiger partial charge < -0.3 is 0 Å². The van der Waals surface area contributed by atoms with Gasteiger partial charge in [0.1, 0.15) is 0 Å². The van der Waals surface area contributed by atoms with Crippen LogP contribution in [0.15, 0.2) is 0 Å². The Kier molecular flexibility index (Phi) is 0. The molecule has 114 heavy (non-hydrogen) atoms. The first-order valence-electron chi connectivity index (χ1n) is 0. The number of hydrogen-bond donors (Lipinski definition) is 0. The van der Waals surface area contributed by atoms with Crippen molar-refractivity contribution < 1.29 is 0 Å². The molecule has 0 rings (SSSR count). The van der Waals surface area contributed by atoms with Gasteiger partial charge in [-0.1, -0.05) is 847 Å². The second-order valence-electron chi connectivity index (χ2n) is 0. The summed E-state index contributed by atoms with van der Waals surface area (Å²) in [4.78, 5) is 0. The molecule has 0 spiro atoms. The molecule has 0 unspecified atom stereocenters. The summed E-state index contributed by atoms with van der Waals surface area (Å²) in [6.07, 6.45) is 0. The van der Waals surface area contributed by atoms with Crippen molar-refractivity contribution in [1.29, 1.82) is 0 Å². The zero-order valence-electron chi connectivity index (χ0n) is 0. The average Bonchev–Trinajstić information content (AvgIpc) is 0. The van der Waals surface area contributed by atoms with Gasteiger partial charge in [-0.05, 0) is 0 Å². The van der Waals surface area contributed by atoms with Crippen LogP contribution in [0.25, 0.3) is 0 Å². The average molecular weight is 1830 g/mol. The minimum atomic E-state index is 0. The molecule has 0 heteroatoms. The van der Waals surface area contributed by atoms with Gasteiger partial charge in [-0.15, -0.1) is 0 Å². The minimum Gasteiger partial charge on any atom is -0.0776 e. The number of hydrogen-bond acceptors (Lipinski definition) is 0. The van der Waals surface area contributed by atoms with Gasteiger partial charge in [0, 0.05) is 0 Å². The maximum absolute atomic E-state index is 0. The van der Waals surface area contributed by atoms with E-state index < -0.39 is 0 Å². The van der Waals surface area contributed by atoms with Crippen LogP contribution in [0.3, 0.4) is 0 Å². The van der Waals surface area contributed by atoms with E-state index in [9.17, 15) is 0 Å². The Labute approximate surface area is 842 Å². The highest BCUT2D eigenvalue weighted by Crippen LogP contribution is 0.257. The highest BCUT2D eigenvalue weighted by Gasteiger charge is 0.0354. The van der Waals surface area contributed by atoms with Gasteiger partial charge in [-0.25, -0.2) is 0 Å². The largest absolute Gasteiger partial charge is 0.0776 e. The van der Waals surface area contributed by atoms with Gasteiger partial charge in [0.2, 0.25) is 0 Å². The van der Waals surface area contributed by atoms with E-state index in [0.29, 0.717) is 0 Å². The van der Waals surface area contributed by atoms with Crippen molar-refractivity contribution in [3.63, 3.8) is 0 Å². The van der Waals surface area contributed by atoms with Crippen LogP contribution in [0.2, 0.25) is 0 Å². The summed E-state index contributed by atoms with van der Waals surface area (Å²) in [5.74, 6) is 0. The van der Waals surface area contributed by atoms with Crippen molar-refractivity contribution in [2.75, 3.05) is 0 Å². The summed E-state index contributed by atoms with van der Waals surface area (Å²) < 4.78 is 0. The van der Waals surface area contributed by atoms with Crippen LogP contribution in [0.4, 0.5) is 0 Å². The maximum Gasteiger partial charge on any atom is -0.0776 e. The van der Waals surface area contributed by atoms with Gasteiger partial charge in [0.05, 0.1) is 0 Å². The number of rotatable bonds is 0. The predicted octanol–water partition coefficient (Wildman–Crippen LogP) is 72.5. The van der Waals surface area contributed by atoms with Crippen molar-refractivity contribution in [3.8, 4) is 0 Å². The van der Waals surface area contributed by atoms with Crippen molar-refractivity contribution in [3.05, 3.63) is 0 Å². The van der Waals surface area contributed by atoms with Crippen LogP contribution < -0.4 is 0 Å². The Morgan fingerprint density at radius 1 is 0.00877 bits per heavy atom. The molecule has 0 aromatic heterocycles. The van der Waals surface area contributed by atoms with Crippen LogP contribution in [0.1, 0.15) is 847 Å². The molecule has 0 fully saturated rings. The summed E-state index contributed by atoms with van der Waals surface area (Å²) in [5.41, 5.74) is 0. The Morgan fingerprint density at radius 2 is 0.00877 bits per heavy atom. The van der Waals surface area contributed by atoms with E-state index in [1.54, 1.807) is 0 Å². The topological polar surface area (TPSA) is 0 Å². The third-order valence-corrected chi connectivity index (χ3v) is 0. The molecule has 0 nitrogen and oxygen atoms in total. The van der Waals surface area contributed by atoms with Crippen molar-refractivity contribution in [2.24, 2.45) is 0 Å². The third kappa shape index (κ3) is 0. The molecule has 0 saturated carbocycles. The molecule has 0 heterocycles. The minimum absolute atomic E-state index is 0. The maximum atomic E-state index is 0. The molecule has 0 N–H and O–H groups in total. The van der Waals surface area contributed by atoms with Crippen molar-refractivity contribution in [2.45, 2.75) is 847 Å². The smallest absolute Gasteiger partial charge is 0.0776 e. The molecule has 0 aliphatic heterocycles. The monoisotopic (exact) mass is 1830 g/mol. The van der Waals surface area contributed by atoms with E-state index in [1.165, 1.54) is 0 Å². The zero-order chi connectivity index (χ0) is 0. The molecule has 0 saturated heterocycles. The molecular formula is C114H456. The fraction of sp³-hybridized carbons (Fsp3) is 1.00. The standard InChI is InChI=1S/114CH4/h114*1H4. The normalized spacial score (nSPS) is 0. The van der Waals surface area contributed by atoms with E-state index >= 15 is 0 Å². The van der Waals surface area contributed by atoms with Crippen LogP contribution >= 0.6 is 0 Å². The second kappa shape index (κ2) is 0. The fourth-order valence-corrected chi connectivity index (χ4v) is 0. The van der Waals surface area contributed by atoms with E-state index in [4.69, 9.17) is 0 Å². The van der Waals surface area contributed by atoms with Crippen molar-refractivity contribution >= 4 is 0 Å². The molecule has 912 valence electrons. The lowest BCUT2D eigenvalue weighted by Crippen LogP contribution is 0.143. The van der Waals surface area contributed by atoms with Gasteiger partial charge in [0.15, 0.2) is 0 Å². The zero-order valence-corrected chi connectivity index (χ0v) is 0. The summed E-state index contributed by atoms with van der Waals surface area (Å²) in [7, 11) is 0. The quantitative estimate of drug-likeness (QED) is 0.227. The Morgan fingerprint density at radius 3 is 0.00877 bits per heavy atom. The SMILES string of the molecule is C.C.C.C.C.C.C.C.C.C.C.C.C.C.C.C.C.C.C.C.C.C.C.C.C.C.C.C.C.C.C.C.C.C.C.C.C.C.C.C.C.C.C.C.C.C.C.C.C.C.C.C.C.C.C.C.C.C.C.C.C.C.C.C.C.C.C.C.C.C.C.C.C.C.C.C.C.C.C.C.C.C.C.C.C.C.C.C.C.C.C.C.C.C.C.C.C.C.C.C.C.C.C.C.C.C.C.C.C.C.C.C.C.C. The predicted molar refractivity (Wildman–Crippen MR) is 767 cm³/mol. The van der Waals surface area contributed by atoms with E-state index in [2.05, 4.69) is 0 Å². The molecule has 0 aliphatic carbocycles. The second-order valence-corrected chi connectivity index (χ2v) is 0. The van der Waals surface area contributed by atoms with Gasteiger partial charge in [-0.2, -0.15) is 0 Å². The summed E-state index contributed by atoms with van der Waals surface area (Å²) in [6.45, 7) is 0. The van der Waals surface area contributed by atoms with E-state index in [0.717, 1.165) is 0 Å². The lowest BCUT2D eigenvalue weighted by Gasteiger charge is -0.0786. The Balaban J connectivity index is 0. The fourth-order valence-electron chi connectivity index (χ4n) is 0. The Bertz CT molecular complexity index is 0. The van der Waals surface area contributed by atoms with Crippen LogP contribution in [0, 0.1) is 0 Å². The van der Waals surface area contributed by atoms with Crippen LogP contribution in [0.5, 0.6) is 0 Å². The molecule has 0 aliphatic rings. The van der Waals surface area contributed by atoms with Gasteiger partial charge >= 0.3 is 0 Å².